The maximum absolute atomic E-state index is 10.3. The molecule has 1 fully saturated rings. The van der Waals surface area contributed by atoms with Crippen molar-refractivity contribution < 1.29 is 20.1 Å². The van der Waals surface area contributed by atoms with E-state index in [-0.39, 0.29) is 5.82 Å². The highest BCUT2D eigenvalue weighted by molar-refractivity contribution is 5.81. The summed E-state index contributed by atoms with van der Waals surface area (Å²) < 4.78 is 7.20. The highest BCUT2D eigenvalue weighted by atomic mass is 16.6. The molecule has 2 aromatic rings. The Labute approximate surface area is 132 Å². The zero-order valence-electron chi connectivity index (χ0n) is 12.8. The molecule has 1 saturated heterocycles. The maximum atomic E-state index is 10.3. The summed E-state index contributed by atoms with van der Waals surface area (Å²) in [6, 6.07) is 0. The van der Waals surface area contributed by atoms with E-state index in [0.717, 1.165) is 12.8 Å². The second kappa shape index (κ2) is 6.36. The predicted molar refractivity (Wildman–Crippen MR) is 81.2 cm³/mol. The van der Waals surface area contributed by atoms with Crippen LogP contribution in [0.1, 0.15) is 32.4 Å². The lowest BCUT2D eigenvalue weighted by molar-refractivity contribution is -0.0857. The third-order valence-electron chi connectivity index (χ3n) is 4.17. The highest BCUT2D eigenvalue weighted by Crippen LogP contribution is 2.34. The van der Waals surface area contributed by atoms with Gasteiger partial charge in [-0.05, 0) is 6.42 Å². The Morgan fingerprint density at radius 3 is 2.83 bits per heavy atom. The highest BCUT2D eigenvalue weighted by Gasteiger charge is 2.47. The minimum atomic E-state index is -1.20. The van der Waals surface area contributed by atoms with Crippen LogP contribution in [0.5, 0.6) is 0 Å². The number of hydrogen-bond donors (Lipinski definition) is 4. The average Bonchev–Trinajstić information content (AvgIpc) is 3.09. The van der Waals surface area contributed by atoms with Crippen LogP contribution in [0.3, 0.4) is 0 Å². The van der Waals surface area contributed by atoms with Gasteiger partial charge in [-0.2, -0.15) is 0 Å². The Hall–Kier alpha value is -1.81. The van der Waals surface area contributed by atoms with E-state index in [0.29, 0.717) is 17.6 Å². The van der Waals surface area contributed by atoms with E-state index in [2.05, 4.69) is 15.0 Å². The Balaban J connectivity index is 1.86. The van der Waals surface area contributed by atoms with Crippen molar-refractivity contribution in [2.45, 2.75) is 56.8 Å². The van der Waals surface area contributed by atoms with E-state index in [9.17, 15) is 15.3 Å². The van der Waals surface area contributed by atoms with Gasteiger partial charge in [-0.3, -0.25) is 4.57 Å². The van der Waals surface area contributed by atoms with E-state index in [4.69, 9.17) is 10.5 Å². The largest absolute Gasteiger partial charge is 0.390 e. The van der Waals surface area contributed by atoms with Gasteiger partial charge in [0.05, 0.1) is 12.4 Å². The van der Waals surface area contributed by atoms with Crippen molar-refractivity contribution in [3.8, 4) is 0 Å². The van der Waals surface area contributed by atoms with Gasteiger partial charge in [-0.1, -0.05) is 19.8 Å². The van der Waals surface area contributed by atoms with Crippen molar-refractivity contribution in [3.05, 3.63) is 12.7 Å². The summed E-state index contributed by atoms with van der Waals surface area (Å²) in [6.45, 7) is 2.01. The number of aromatic nitrogens is 4. The van der Waals surface area contributed by atoms with Crippen LogP contribution in [-0.4, -0.2) is 59.3 Å². The molecule has 0 bridgehead atoms. The molecular weight excluding hydrogens is 302 g/mol. The van der Waals surface area contributed by atoms with E-state index >= 15 is 0 Å². The van der Waals surface area contributed by atoms with Gasteiger partial charge in [0.25, 0.3) is 0 Å². The number of imidazole rings is 1. The molecule has 0 radical (unpaired) electrons. The van der Waals surface area contributed by atoms with Gasteiger partial charge in [0.1, 0.15) is 30.2 Å². The number of fused-ring (bicyclic) bond motifs is 1. The van der Waals surface area contributed by atoms with E-state index < -0.39 is 30.6 Å². The van der Waals surface area contributed by atoms with E-state index in [1.54, 1.807) is 0 Å². The zero-order valence-corrected chi connectivity index (χ0v) is 12.8. The molecule has 0 saturated carbocycles. The van der Waals surface area contributed by atoms with Crippen LogP contribution in [-0.2, 0) is 4.74 Å². The molecule has 0 amide bonds. The molecule has 1 aliphatic heterocycles. The molecule has 23 heavy (non-hydrogen) atoms. The molecule has 2 aromatic heterocycles. The summed E-state index contributed by atoms with van der Waals surface area (Å²) in [7, 11) is 0. The summed E-state index contributed by atoms with van der Waals surface area (Å²) in [6.07, 6.45) is -0.0489. The summed E-state index contributed by atoms with van der Waals surface area (Å²) in [5.74, 6) is 0.223. The number of rotatable bonds is 5. The molecule has 1 aliphatic rings. The molecular formula is C14H21N5O4. The van der Waals surface area contributed by atoms with Crippen molar-refractivity contribution in [3.63, 3.8) is 0 Å². The van der Waals surface area contributed by atoms with Crippen molar-refractivity contribution in [1.29, 1.82) is 0 Å². The number of ether oxygens (including phenoxy) is 1. The average molecular weight is 323 g/mol. The third-order valence-corrected chi connectivity index (χ3v) is 4.17. The molecule has 5 atom stereocenters. The minimum Gasteiger partial charge on any atom is -0.390 e. The quantitative estimate of drug-likeness (QED) is 0.581. The summed E-state index contributed by atoms with van der Waals surface area (Å²) in [4.78, 5) is 12.1. The Morgan fingerprint density at radius 1 is 1.30 bits per heavy atom. The van der Waals surface area contributed by atoms with Crippen LogP contribution in [0.2, 0.25) is 0 Å². The second-order valence-electron chi connectivity index (χ2n) is 5.76. The molecule has 9 heteroatoms. The Kier molecular flexibility index (Phi) is 4.44. The van der Waals surface area contributed by atoms with Gasteiger partial charge in [0, 0.05) is 0 Å². The summed E-state index contributed by atoms with van der Waals surface area (Å²) >= 11 is 0. The van der Waals surface area contributed by atoms with E-state index in [1.165, 1.54) is 17.2 Å². The Bertz CT molecular complexity index is 678. The van der Waals surface area contributed by atoms with Crippen LogP contribution >= 0.6 is 0 Å². The van der Waals surface area contributed by atoms with Gasteiger partial charge in [-0.15, -0.1) is 0 Å². The number of aliphatic hydroxyl groups excluding tert-OH is 3. The first kappa shape index (κ1) is 16.1. The number of aliphatic hydroxyl groups is 3. The molecule has 0 aliphatic carbocycles. The molecule has 0 aromatic carbocycles. The monoisotopic (exact) mass is 323 g/mol. The number of unbranched alkanes of at least 4 members (excludes halogenated alkanes) is 1. The molecule has 0 spiro atoms. The van der Waals surface area contributed by atoms with Crippen LogP contribution in [0.4, 0.5) is 5.82 Å². The van der Waals surface area contributed by atoms with Crippen molar-refractivity contribution in [2.75, 3.05) is 5.73 Å². The fourth-order valence-corrected chi connectivity index (χ4v) is 2.87. The SMILES string of the molecule is CCCC[C@@H](O)[C@H]1O[C@@H](n2cnc3c(N)ncnc32)[C@H](O)[C@@H]1O. The van der Waals surface area contributed by atoms with Gasteiger partial charge in [0.15, 0.2) is 17.7 Å². The standard InChI is InChI=1S/C14H21N5O4/c1-2-3-4-7(20)11-9(21)10(22)14(23-11)19-6-18-8-12(15)16-5-17-13(8)19/h5-7,9-11,14,20-22H,2-4H2,1H3,(H2,15,16,17)/t7-,9+,10-,11-,14-/m1/s1. The normalized spacial score (nSPS) is 29.2. The molecule has 126 valence electrons. The molecule has 3 heterocycles. The topological polar surface area (TPSA) is 140 Å². The van der Waals surface area contributed by atoms with Crippen molar-refractivity contribution >= 4 is 17.0 Å². The van der Waals surface area contributed by atoms with Gasteiger partial charge in [0.2, 0.25) is 0 Å². The molecule has 9 nitrogen and oxygen atoms in total. The maximum Gasteiger partial charge on any atom is 0.167 e. The Morgan fingerprint density at radius 2 is 2.09 bits per heavy atom. The fourth-order valence-electron chi connectivity index (χ4n) is 2.87. The van der Waals surface area contributed by atoms with Gasteiger partial charge in [-0.25, -0.2) is 15.0 Å². The van der Waals surface area contributed by atoms with Crippen LogP contribution in [0, 0.1) is 0 Å². The molecule has 5 N–H and O–H groups in total. The number of anilines is 1. The number of nitrogens with zero attached hydrogens (tertiary/aromatic N) is 4. The number of nitrogens with two attached hydrogens (primary N) is 1. The first-order chi connectivity index (χ1) is 11.0. The van der Waals surface area contributed by atoms with Gasteiger partial charge < -0.3 is 25.8 Å². The first-order valence-electron chi connectivity index (χ1n) is 7.67. The number of hydrogen-bond acceptors (Lipinski definition) is 8. The smallest absolute Gasteiger partial charge is 0.167 e. The third kappa shape index (κ3) is 2.76. The summed E-state index contributed by atoms with van der Waals surface area (Å²) in [5, 5.41) is 30.7. The second-order valence-corrected chi connectivity index (χ2v) is 5.76. The lowest BCUT2D eigenvalue weighted by atomic mass is 10.0. The lowest BCUT2D eigenvalue weighted by Gasteiger charge is -2.20. The van der Waals surface area contributed by atoms with Gasteiger partial charge >= 0.3 is 0 Å². The minimum absolute atomic E-state index is 0.223. The van der Waals surface area contributed by atoms with Crippen molar-refractivity contribution in [2.24, 2.45) is 0 Å². The summed E-state index contributed by atoms with van der Waals surface area (Å²) in [5.41, 5.74) is 6.54. The van der Waals surface area contributed by atoms with E-state index in [1.807, 2.05) is 6.92 Å². The number of nitrogen functional groups attached to an aromatic ring is 1. The molecule has 3 rings (SSSR count). The molecule has 0 unspecified atom stereocenters. The van der Waals surface area contributed by atoms with Crippen LogP contribution < -0.4 is 5.73 Å². The van der Waals surface area contributed by atoms with Crippen molar-refractivity contribution in [1.82, 2.24) is 19.5 Å². The van der Waals surface area contributed by atoms with Crippen LogP contribution in [0.15, 0.2) is 12.7 Å². The van der Waals surface area contributed by atoms with Crippen LogP contribution in [0.25, 0.3) is 11.2 Å². The lowest BCUT2D eigenvalue weighted by Crippen LogP contribution is -2.38. The fraction of sp³-hybridized carbons (Fsp3) is 0.643. The zero-order chi connectivity index (χ0) is 16.6. The predicted octanol–water partition coefficient (Wildman–Crippen LogP) is -0.421. The first-order valence-corrected chi connectivity index (χ1v) is 7.67.